The lowest BCUT2D eigenvalue weighted by molar-refractivity contribution is -0.722. The van der Waals surface area contributed by atoms with Crippen molar-refractivity contribution in [3.05, 3.63) is 184 Å². The van der Waals surface area contributed by atoms with Crippen molar-refractivity contribution in [3.8, 4) is 0 Å². The van der Waals surface area contributed by atoms with Crippen LogP contribution in [0.15, 0.2) is 144 Å². The number of benzene rings is 6. The number of nitrogens with zero attached hydrogens (tertiary/aromatic N) is 1. The molecule has 0 radical (unpaired) electrons. The van der Waals surface area contributed by atoms with Gasteiger partial charge in [0.05, 0.1) is 49.9 Å². The van der Waals surface area contributed by atoms with Gasteiger partial charge in [-0.3, -0.25) is 0 Å². The van der Waals surface area contributed by atoms with Gasteiger partial charge in [-0.2, -0.15) is 132 Å². The van der Waals surface area contributed by atoms with Gasteiger partial charge in [0, 0.05) is 16.5 Å². The van der Waals surface area contributed by atoms with Gasteiger partial charge in [-0.25, -0.2) is 0 Å². The van der Waals surface area contributed by atoms with Gasteiger partial charge >= 0.3 is 49.4 Å². The Hall–Kier alpha value is -6.19. The second-order valence-corrected chi connectivity index (χ2v) is 17.6. The fourth-order valence-corrected chi connectivity index (χ4v) is 9.10. The van der Waals surface area contributed by atoms with Crippen LogP contribution >= 0.6 is 25.3 Å². The fourth-order valence-electron chi connectivity index (χ4n) is 8.30. The van der Waals surface area contributed by atoms with E-state index in [2.05, 4.69) is 72.4 Å². The fraction of sp³-hybridized carbons (Fsp3) is 0.188. The molecular weight excluding hydrogens is 1120 g/mol. The van der Waals surface area contributed by atoms with Crippen molar-refractivity contribution in [1.82, 2.24) is 0 Å². The van der Waals surface area contributed by atoms with Crippen LogP contribution in [0.3, 0.4) is 0 Å². The van der Waals surface area contributed by atoms with E-state index in [1.807, 2.05) is 18.2 Å². The first kappa shape index (κ1) is 59.1. The lowest BCUT2D eigenvalue weighted by atomic mass is 9.12. The molecular formula is C48H26BF24NS2. The lowest BCUT2D eigenvalue weighted by Crippen LogP contribution is -2.75. The zero-order valence-electron chi connectivity index (χ0n) is 36.9. The third-order valence-corrected chi connectivity index (χ3v) is 12.5. The zero-order chi connectivity index (χ0) is 57.2. The number of aromatic nitrogens is 1. The molecule has 0 spiro atoms. The normalized spacial score (nSPS) is 13.4. The molecule has 0 aliphatic carbocycles. The van der Waals surface area contributed by atoms with E-state index in [1.165, 1.54) is 10.9 Å². The van der Waals surface area contributed by atoms with Crippen LogP contribution in [0.5, 0.6) is 0 Å². The second-order valence-electron chi connectivity index (χ2n) is 16.7. The number of pyridine rings is 1. The Morgan fingerprint density at radius 3 is 0.868 bits per heavy atom. The first-order valence-corrected chi connectivity index (χ1v) is 21.6. The summed E-state index contributed by atoms with van der Waals surface area (Å²) in [6, 6.07) is 9.78. The van der Waals surface area contributed by atoms with E-state index in [1.54, 1.807) is 0 Å². The average Bonchev–Trinajstić information content (AvgIpc) is 3.28. The molecule has 406 valence electrons. The minimum Gasteiger partial charge on any atom is -0.194 e. The van der Waals surface area contributed by atoms with E-state index in [4.69, 9.17) is 0 Å². The molecule has 0 amide bonds. The van der Waals surface area contributed by atoms with Gasteiger partial charge in [0.2, 0.25) is 5.03 Å². The molecule has 0 unspecified atom stereocenters. The van der Waals surface area contributed by atoms with Crippen LogP contribution in [0.2, 0.25) is 0 Å². The minimum atomic E-state index is -6.13. The van der Waals surface area contributed by atoms with Crippen LogP contribution in [-0.2, 0) is 56.0 Å². The predicted octanol–water partition coefficient (Wildman–Crippen LogP) is 15.0. The highest BCUT2D eigenvalue weighted by Gasteiger charge is 2.47. The van der Waals surface area contributed by atoms with E-state index in [-0.39, 0.29) is 0 Å². The minimum absolute atomic E-state index is 0.691. The highest BCUT2D eigenvalue weighted by atomic mass is 32.1. The van der Waals surface area contributed by atoms with Gasteiger partial charge in [0.15, 0.2) is 12.7 Å². The first-order valence-electron chi connectivity index (χ1n) is 20.7. The largest absolute Gasteiger partial charge is 0.416 e. The molecule has 0 saturated carbocycles. The standard InChI is InChI=1S/C32H12BF24.C16H13NS2/c34-25(35,36)13-1-14(26(37,38)39)6-21(5-13)33(22-7-15(27(40,41)42)2-16(8-22)28(43,44)45,23-9-17(29(46,47)48)3-18(10-23)30(49,50)51)24-11-19(31(52,53)54)4-20(12-24)32(55,56)57;18-14-8-4-7-13-9-10-17(16(19)15(13)14)11-12-5-2-1-3-6-12/h1-12H;1-10H,11H2,(H,18,19)/q-1;/p+1. The van der Waals surface area contributed by atoms with Gasteiger partial charge in [-0.1, -0.05) is 104 Å². The summed E-state index contributed by atoms with van der Waals surface area (Å²) in [5.74, 6) is 0. The summed E-state index contributed by atoms with van der Waals surface area (Å²) in [7, 11) is 0. The Bertz CT molecular complexity index is 2820. The van der Waals surface area contributed by atoms with Crippen LogP contribution in [0.1, 0.15) is 50.1 Å². The molecule has 0 saturated heterocycles. The van der Waals surface area contributed by atoms with Gasteiger partial charge in [0.25, 0.3) is 0 Å². The van der Waals surface area contributed by atoms with Crippen LogP contribution in [0.4, 0.5) is 105 Å². The Morgan fingerprint density at radius 1 is 0.329 bits per heavy atom. The van der Waals surface area contributed by atoms with Crippen LogP contribution < -0.4 is 26.4 Å². The van der Waals surface area contributed by atoms with E-state index in [9.17, 15) is 105 Å². The number of thiol groups is 2. The third kappa shape index (κ3) is 13.0. The molecule has 7 rings (SSSR count). The summed E-state index contributed by atoms with van der Waals surface area (Å²) in [4.78, 5) is 0.963. The lowest BCUT2D eigenvalue weighted by Gasteiger charge is -2.46. The van der Waals surface area contributed by atoms with Crippen LogP contribution in [0, 0.1) is 0 Å². The number of hydrogen-bond donors (Lipinski definition) is 2. The molecule has 28 heteroatoms. The van der Waals surface area contributed by atoms with Crippen molar-refractivity contribution in [1.29, 1.82) is 0 Å². The van der Waals surface area contributed by atoms with E-state index < -0.39 is 195 Å². The van der Waals surface area contributed by atoms with Crippen molar-refractivity contribution in [2.45, 2.75) is 65.9 Å². The Kier molecular flexibility index (Phi) is 15.8. The maximum absolute atomic E-state index is 14.2. The molecule has 1 heterocycles. The highest BCUT2D eigenvalue weighted by Crippen LogP contribution is 2.41. The van der Waals surface area contributed by atoms with Gasteiger partial charge in [-0.05, 0) is 35.7 Å². The number of alkyl halides is 24. The first-order chi connectivity index (χ1) is 34.5. The SMILES string of the molecule is FC(F)(F)c1cc([B-](c2cc(C(F)(F)F)cc(C(F)(F)F)c2)(c2cc(C(F)(F)F)cc(C(F)(F)F)c2)c2cc(C(F)(F)F)cc(C(F)(F)F)c2)cc(C(F)(F)F)c1.Sc1cccc2cc[n+](Cc3ccccc3)c(S)c12. The zero-order valence-corrected chi connectivity index (χ0v) is 38.7. The number of hydrogen-bond acceptors (Lipinski definition) is 2. The highest BCUT2D eigenvalue weighted by molar-refractivity contribution is 7.81. The van der Waals surface area contributed by atoms with Crippen molar-refractivity contribution in [3.63, 3.8) is 0 Å². The molecule has 0 atom stereocenters. The van der Waals surface area contributed by atoms with Crippen molar-refractivity contribution < 1.29 is 110 Å². The summed E-state index contributed by atoms with van der Waals surface area (Å²) in [6.07, 6.45) is -52.7. The molecule has 0 fully saturated rings. The molecule has 76 heavy (non-hydrogen) atoms. The predicted molar refractivity (Wildman–Crippen MR) is 234 cm³/mol. The van der Waals surface area contributed by atoms with E-state index in [0.717, 1.165) is 21.9 Å². The summed E-state index contributed by atoms with van der Waals surface area (Å²) in [5, 5.41) is 3.22. The van der Waals surface area contributed by atoms with Crippen molar-refractivity contribution in [2.75, 3.05) is 0 Å². The Balaban J connectivity index is 0.000000408. The monoisotopic (exact) mass is 1150 g/mol. The van der Waals surface area contributed by atoms with Gasteiger partial charge in [0.1, 0.15) is 6.15 Å². The van der Waals surface area contributed by atoms with Crippen LogP contribution in [0.25, 0.3) is 10.8 Å². The van der Waals surface area contributed by atoms with Gasteiger partial charge in [-0.15, -0.1) is 12.6 Å². The number of rotatable bonds is 6. The maximum atomic E-state index is 14.2. The summed E-state index contributed by atoms with van der Waals surface area (Å²) >= 11 is 9.21. The van der Waals surface area contributed by atoms with Crippen molar-refractivity contribution in [2.24, 2.45) is 0 Å². The quantitative estimate of drug-likeness (QED) is 0.0708. The Morgan fingerprint density at radius 2 is 0.605 bits per heavy atom. The molecule has 0 N–H and O–H groups in total. The Labute approximate surface area is 422 Å². The molecule has 7 aromatic rings. The molecule has 1 nitrogen and oxygen atoms in total. The molecule has 0 aliphatic rings. The van der Waals surface area contributed by atoms with Crippen LogP contribution in [-0.4, -0.2) is 6.15 Å². The molecule has 0 aliphatic heterocycles. The number of fused-ring (bicyclic) bond motifs is 1. The van der Waals surface area contributed by atoms with Gasteiger partial charge < -0.3 is 0 Å². The summed E-state index contributed by atoms with van der Waals surface area (Å²) in [6.45, 7) is 0.817. The topological polar surface area (TPSA) is 3.88 Å². The van der Waals surface area contributed by atoms with Crippen molar-refractivity contribution >= 4 is 64.0 Å². The smallest absolute Gasteiger partial charge is 0.194 e. The van der Waals surface area contributed by atoms with E-state index >= 15 is 0 Å². The molecule has 6 aromatic carbocycles. The maximum Gasteiger partial charge on any atom is 0.416 e. The second kappa shape index (κ2) is 20.3. The molecule has 1 aromatic heterocycles. The molecule has 0 bridgehead atoms. The average molecular weight is 1150 g/mol. The van der Waals surface area contributed by atoms with E-state index in [0.29, 0.717) is 0 Å². The number of halogens is 24. The third-order valence-electron chi connectivity index (χ3n) is 11.6. The summed E-state index contributed by atoms with van der Waals surface area (Å²) < 4.78 is 343. The summed E-state index contributed by atoms with van der Waals surface area (Å²) in [5.41, 5.74) is -28.9.